The van der Waals surface area contributed by atoms with Crippen LogP contribution < -0.4 is 0 Å². The molecule has 2 fully saturated rings. The number of hydrogen-bond donors (Lipinski definition) is 0. The average Bonchev–Trinajstić information content (AvgIpc) is 3.15. The van der Waals surface area contributed by atoms with Gasteiger partial charge in [0.25, 0.3) is 0 Å². The number of nitrogens with zero attached hydrogens (tertiary/aromatic N) is 1. The van der Waals surface area contributed by atoms with Crippen molar-refractivity contribution in [3.05, 3.63) is 24.0 Å². The summed E-state index contributed by atoms with van der Waals surface area (Å²) in [5, 5.41) is 0. The number of carbonyl (C=O) groups excluding carboxylic acids is 1. The van der Waals surface area contributed by atoms with E-state index in [1.807, 2.05) is 0 Å². The third-order valence-corrected chi connectivity index (χ3v) is 4.90. The van der Waals surface area contributed by atoms with E-state index < -0.39 is 0 Å². The molecule has 2 aliphatic carbocycles. The highest BCUT2D eigenvalue weighted by Gasteiger charge is 2.44. The van der Waals surface area contributed by atoms with Crippen molar-refractivity contribution in [2.75, 3.05) is 0 Å². The molecule has 0 spiro atoms. The highest BCUT2D eigenvalue weighted by atomic mass is 16.1. The third kappa shape index (κ3) is 2.15. The summed E-state index contributed by atoms with van der Waals surface area (Å²) in [6.07, 6.45) is 10.5. The summed E-state index contributed by atoms with van der Waals surface area (Å²) < 4.78 is 2.37. The van der Waals surface area contributed by atoms with Gasteiger partial charge in [0.2, 0.25) is 0 Å². The molecule has 0 bridgehead atoms. The molecule has 0 amide bonds. The van der Waals surface area contributed by atoms with Gasteiger partial charge >= 0.3 is 0 Å². The van der Waals surface area contributed by atoms with E-state index in [9.17, 15) is 4.79 Å². The SMILES string of the molecule is CC(C)C(=O)C1(n2cccc2C2CC2)CCCCC1. The molecule has 2 heteroatoms. The second-order valence-electron chi connectivity index (χ2n) is 6.69. The zero-order valence-electron chi connectivity index (χ0n) is 12.2. The molecule has 0 aliphatic heterocycles. The summed E-state index contributed by atoms with van der Waals surface area (Å²) in [6.45, 7) is 4.11. The van der Waals surface area contributed by atoms with Crippen LogP contribution in [0.15, 0.2) is 18.3 Å². The lowest BCUT2D eigenvalue weighted by atomic mass is 9.75. The van der Waals surface area contributed by atoms with Crippen LogP contribution in [0.2, 0.25) is 0 Å². The van der Waals surface area contributed by atoms with Crippen molar-refractivity contribution >= 4 is 5.78 Å². The molecule has 1 aromatic heterocycles. The van der Waals surface area contributed by atoms with Crippen LogP contribution in [0.3, 0.4) is 0 Å². The molecule has 0 saturated heterocycles. The van der Waals surface area contributed by atoms with Gasteiger partial charge in [0.1, 0.15) is 5.54 Å². The molecular weight excluding hydrogens is 234 g/mol. The minimum absolute atomic E-state index is 0.132. The number of ketones is 1. The average molecular weight is 259 g/mol. The minimum Gasteiger partial charge on any atom is -0.338 e. The van der Waals surface area contributed by atoms with Gasteiger partial charge in [-0.25, -0.2) is 0 Å². The minimum atomic E-state index is -0.228. The summed E-state index contributed by atoms with van der Waals surface area (Å²) in [5.41, 5.74) is 1.18. The van der Waals surface area contributed by atoms with Crippen LogP contribution >= 0.6 is 0 Å². The fourth-order valence-electron chi connectivity index (χ4n) is 3.78. The first kappa shape index (κ1) is 13.0. The van der Waals surface area contributed by atoms with Gasteiger partial charge in [0.05, 0.1) is 0 Å². The Hall–Kier alpha value is -1.05. The maximum Gasteiger partial charge on any atom is 0.161 e. The van der Waals surface area contributed by atoms with Crippen molar-refractivity contribution in [2.24, 2.45) is 5.92 Å². The first-order valence-electron chi connectivity index (χ1n) is 7.87. The molecule has 0 N–H and O–H groups in total. The second kappa shape index (κ2) is 4.81. The Bertz CT molecular complexity index is 461. The third-order valence-electron chi connectivity index (χ3n) is 4.90. The van der Waals surface area contributed by atoms with Crippen LogP contribution in [0.5, 0.6) is 0 Å². The van der Waals surface area contributed by atoms with Gasteiger partial charge in [0.15, 0.2) is 5.78 Å². The molecule has 3 rings (SSSR count). The van der Waals surface area contributed by atoms with Gasteiger partial charge in [-0.3, -0.25) is 4.79 Å². The van der Waals surface area contributed by atoms with E-state index in [-0.39, 0.29) is 11.5 Å². The highest BCUT2D eigenvalue weighted by molar-refractivity contribution is 5.88. The van der Waals surface area contributed by atoms with Crippen LogP contribution in [0.4, 0.5) is 0 Å². The molecule has 104 valence electrons. The molecule has 0 unspecified atom stereocenters. The van der Waals surface area contributed by atoms with Crippen LogP contribution in [0, 0.1) is 5.92 Å². The zero-order chi connectivity index (χ0) is 13.5. The normalized spacial score (nSPS) is 22.7. The summed E-state index contributed by atoms with van der Waals surface area (Å²) in [6, 6.07) is 4.37. The molecule has 2 aliphatic rings. The number of aromatic nitrogens is 1. The van der Waals surface area contributed by atoms with Gasteiger partial charge < -0.3 is 4.57 Å². The van der Waals surface area contributed by atoms with Gasteiger partial charge in [-0.1, -0.05) is 33.1 Å². The van der Waals surface area contributed by atoms with E-state index in [4.69, 9.17) is 0 Å². The number of rotatable bonds is 4. The fourth-order valence-corrected chi connectivity index (χ4v) is 3.78. The van der Waals surface area contributed by atoms with Gasteiger partial charge in [-0.05, 0) is 43.7 Å². The van der Waals surface area contributed by atoms with Crippen LogP contribution in [0.1, 0.15) is 70.4 Å². The van der Waals surface area contributed by atoms with E-state index >= 15 is 0 Å². The first-order valence-corrected chi connectivity index (χ1v) is 7.87. The Morgan fingerprint density at radius 2 is 1.95 bits per heavy atom. The molecule has 2 saturated carbocycles. The molecule has 0 radical (unpaired) electrons. The Kier molecular flexibility index (Phi) is 3.28. The lowest BCUT2D eigenvalue weighted by Gasteiger charge is -2.40. The highest BCUT2D eigenvalue weighted by Crippen LogP contribution is 2.45. The second-order valence-corrected chi connectivity index (χ2v) is 6.69. The maximum absolute atomic E-state index is 12.9. The van der Waals surface area contributed by atoms with E-state index in [1.54, 1.807) is 0 Å². The van der Waals surface area contributed by atoms with E-state index in [1.165, 1.54) is 37.8 Å². The van der Waals surface area contributed by atoms with Crippen LogP contribution in [-0.2, 0) is 10.3 Å². The number of Topliss-reactive ketones (excluding diaryl/α,β-unsaturated/α-hetero) is 1. The van der Waals surface area contributed by atoms with Crippen LogP contribution in [0.25, 0.3) is 0 Å². The van der Waals surface area contributed by atoms with Crippen molar-refractivity contribution in [3.63, 3.8) is 0 Å². The molecular formula is C17H25NO. The van der Waals surface area contributed by atoms with Crippen molar-refractivity contribution in [3.8, 4) is 0 Å². The monoisotopic (exact) mass is 259 g/mol. The lowest BCUT2D eigenvalue weighted by molar-refractivity contribution is -0.132. The van der Waals surface area contributed by atoms with E-state index in [0.29, 0.717) is 11.7 Å². The van der Waals surface area contributed by atoms with Crippen molar-refractivity contribution in [1.82, 2.24) is 4.57 Å². The van der Waals surface area contributed by atoms with Crippen molar-refractivity contribution < 1.29 is 4.79 Å². The molecule has 1 aromatic rings. The molecule has 1 heterocycles. The van der Waals surface area contributed by atoms with Gasteiger partial charge in [-0.15, -0.1) is 0 Å². The fraction of sp³-hybridized carbons (Fsp3) is 0.706. The lowest BCUT2D eigenvalue weighted by Crippen LogP contribution is -2.46. The van der Waals surface area contributed by atoms with Gasteiger partial charge in [-0.2, -0.15) is 0 Å². The molecule has 2 nitrogen and oxygen atoms in total. The Balaban J connectivity index is 2.02. The topological polar surface area (TPSA) is 22.0 Å². The molecule has 0 aromatic carbocycles. The van der Waals surface area contributed by atoms with Gasteiger partial charge in [0, 0.05) is 17.8 Å². The largest absolute Gasteiger partial charge is 0.338 e. The first-order chi connectivity index (χ1) is 9.15. The maximum atomic E-state index is 12.9. The predicted molar refractivity (Wildman–Crippen MR) is 77.3 cm³/mol. The van der Waals surface area contributed by atoms with E-state index in [0.717, 1.165) is 12.8 Å². The Morgan fingerprint density at radius 1 is 1.26 bits per heavy atom. The Labute approximate surface area is 116 Å². The van der Waals surface area contributed by atoms with Crippen molar-refractivity contribution in [1.29, 1.82) is 0 Å². The summed E-state index contributed by atoms with van der Waals surface area (Å²) in [7, 11) is 0. The zero-order valence-corrected chi connectivity index (χ0v) is 12.2. The van der Waals surface area contributed by atoms with Crippen LogP contribution in [-0.4, -0.2) is 10.4 Å². The summed E-state index contributed by atoms with van der Waals surface area (Å²) in [4.78, 5) is 12.9. The van der Waals surface area contributed by atoms with E-state index in [2.05, 4.69) is 36.7 Å². The standard InChI is InChI=1S/C17H25NO/c1-13(2)16(19)17(10-4-3-5-11-17)18-12-6-7-15(18)14-8-9-14/h6-7,12-14H,3-5,8-11H2,1-2H3. The molecule has 0 atom stereocenters. The number of hydrogen-bond acceptors (Lipinski definition) is 1. The number of carbonyl (C=O) groups is 1. The van der Waals surface area contributed by atoms with Crippen molar-refractivity contribution in [2.45, 2.75) is 70.3 Å². The Morgan fingerprint density at radius 3 is 2.53 bits per heavy atom. The molecule has 19 heavy (non-hydrogen) atoms. The quantitative estimate of drug-likeness (QED) is 0.792. The predicted octanol–water partition coefficient (Wildman–Crippen LogP) is 4.25. The smallest absolute Gasteiger partial charge is 0.161 e. The summed E-state index contributed by atoms with van der Waals surface area (Å²) in [5.74, 6) is 1.30. The summed E-state index contributed by atoms with van der Waals surface area (Å²) >= 11 is 0.